The van der Waals surface area contributed by atoms with E-state index in [2.05, 4.69) is 20.5 Å². The number of H-pyrrole nitrogens is 1. The first-order chi connectivity index (χ1) is 11.2. The van der Waals surface area contributed by atoms with Crippen LogP contribution in [0.5, 0.6) is 0 Å². The maximum absolute atomic E-state index is 12.6. The van der Waals surface area contributed by atoms with E-state index >= 15 is 0 Å². The lowest BCUT2D eigenvalue weighted by Gasteiger charge is -2.20. The fourth-order valence-corrected chi connectivity index (χ4v) is 3.59. The van der Waals surface area contributed by atoms with Crippen LogP contribution >= 0.6 is 0 Å². The summed E-state index contributed by atoms with van der Waals surface area (Å²) in [6.07, 6.45) is 8.56. The number of aromatic nitrogens is 5. The van der Waals surface area contributed by atoms with Crippen molar-refractivity contribution in [1.29, 1.82) is 0 Å². The topological polar surface area (TPSA) is 99.9 Å². The van der Waals surface area contributed by atoms with Gasteiger partial charge in [-0.3, -0.25) is 9.48 Å². The standard InChI is InChI=1S/C15H20N6O2/c22-14(12-5-7-21(18-12)11-3-1-2-4-11)20-8-6-15(23,10-20)13-9-16-19-17-13/h5,7,9,11,23H,1-4,6,8,10H2,(H,16,17,19)/t15-/m1/s1. The number of aromatic amines is 1. The molecule has 1 aliphatic heterocycles. The predicted molar refractivity (Wildman–Crippen MR) is 80.5 cm³/mol. The number of hydrogen-bond donors (Lipinski definition) is 2. The van der Waals surface area contributed by atoms with Crippen molar-refractivity contribution in [1.82, 2.24) is 30.1 Å². The average molecular weight is 316 g/mol. The predicted octanol–water partition coefficient (Wildman–Crippen LogP) is 0.850. The Balaban J connectivity index is 1.47. The molecular formula is C15H20N6O2. The van der Waals surface area contributed by atoms with Crippen molar-refractivity contribution in [3.05, 3.63) is 29.8 Å². The van der Waals surface area contributed by atoms with Crippen LogP contribution < -0.4 is 0 Å². The van der Waals surface area contributed by atoms with Gasteiger partial charge in [0.25, 0.3) is 5.91 Å². The van der Waals surface area contributed by atoms with Crippen LogP contribution in [0.2, 0.25) is 0 Å². The first-order valence-corrected chi connectivity index (χ1v) is 8.09. The number of nitrogens with one attached hydrogen (secondary N) is 1. The van der Waals surface area contributed by atoms with Crippen LogP contribution in [0, 0.1) is 0 Å². The van der Waals surface area contributed by atoms with Gasteiger partial charge in [-0.05, 0) is 18.9 Å². The van der Waals surface area contributed by atoms with E-state index in [1.54, 1.807) is 11.0 Å². The van der Waals surface area contributed by atoms with Crippen LogP contribution in [-0.4, -0.2) is 54.2 Å². The van der Waals surface area contributed by atoms with E-state index in [-0.39, 0.29) is 12.5 Å². The van der Waals surface area contributed by atoms with Gasteiger partial charge in [-0.2, -0.15) is 20.5 Å². The number of nitrogens with zero attached hydrogens (tertiary/aromatic N) is 5. The molecule has 2 fully saturated rings. The quantitative estimate of drug-likeness (QED) is 0.874. The molecule has 1 saturated heterocycles. The lowest BCUT2D eigenvalue weighted by atomic mass is 10.00. The second kappa shape index (κ2) is 5.45. The van der Waals surface area contributed by atoms with Gasteiger partial charge in [-0.25, -0.2) is 0 Å². The van der Waals surface area contributed by atoms with Crippen molar-refractivity contribution in [2.24, 2.45) is 0 Å². The van der Waals surface area contributed by atoms with Gasteiger partial charge >= 0.3 is 0 Å². The number of rotatable bonds is 3. The SMILES string of the molecule is O=C(c1ccn(C2CCCC2)n1)N1CC[C@](O)(c2cn[nH]n2)C1. The third-order valence-corrected chi connectivity index (χ3v) is 4.95. The van der Waals surface area contributed by atoms with Gasteiger partial charge < -0.3 is 10.0 Å². The first kappa shape index (κ1) is 14.4. The van der Waals surface area contributed by atoms with Gasteiger partial charge in [-0.15, -0.1) is 0 Å². The summed E-state index contributed by atoms with van der Waals surface area (Å²) in [4.78, 5) is 14.3. The monoisotopic (exact) mass is 316 g/mol. The van der Waals surface area contributed by atoms with Gasteiger partial charge in [0.1, 0.15) is 17.0 Å². The lowest BCUT2D eigenvalue weighted by molar-refractivity contribution is 0.0380. The third kappa shape index (κ3) is 2.52. The Morgan fingerprint density at radius 3 is 2.96 bits per heavy atom. The van der Waals surface area contributed by atoms with E-state index in [9.17, 15) is 9.90 Å². The minimum absolute atomic E-state index is 0.138. The van der Waals surface area contributed by atoms with Crippen molar-refractivity contribution < 1.29 is 9.90 Å². The Kier molecular flexibility index (Phi) is 3.41. The van der Waals surface area contributed by atoms with Crippen LogP contribution in [0.3, 0.4) is 0 Å². The molecule has 4 rings (SSSR count). The van der Waals surface area contributed by atoms with Crippen molar-refractivity contribution in [3.8, 4) is 0 Å². The second-order valence-corrected chi connectivity index (χ2v) is 6.48. The van der Waals surface area contributed by atoms with Crippen molar-refractivity contribution >= 4 is 5.91 Å². The molecule has 1 atom stereocenters. The number of carbonyl (C=O) groups is 1. The van der Waals surface area contributed by atoms with Crippen molar-refractivity contribution in [2.75, 3.05) is 13.1 Å². The molecule has 0 radical (unpaired) electrons. The van der Waals surface area contributed by atoms with E-state index in [0.717, 1.165) is 12.8 Å². The molecule has 1 aliphatic carbocycles. The molecule has 122 valence electrons. The van der Waals surface area contributed by atoms with E-state index in [4.69, 9.17) is 0 Å². The highest BCUT2D eigenvalue weighted by molar-refractivity contribution is 5.92. The summed E-state index contributed by atoms with van der Waals surface area (Å²) in [6, 6.07) is 2.19. The van der Waals surface area contributed by atoms with Gasteiger partial charge in [0.2, 0.25) is 0 Å². The molecule has 0 aromatic carbocycles. The Bertz CT molecular complexity index is 691. The lowest BCUT2D eigenvalue weighted by Crippen LogP contribution is -2.35. The third-order valence-electron chi connectivity index (χ3n) is 4.95. The summed E-state index contributed by atoms with van der Waals surface area (Å²) in [7, 11) is 0. The van der Waals surface area contributed by atoms with Gasteiger partial charge in [-0.1, -0.05) is 12.8 Å². The highest BCUT2D eigenvalue weighted by Gasteiger charge is 2.42. The number of carbonyl (C=O) groups excluding carboxylic acids is 1. The molecule has 2 N–H and O–H groups in total. The maximum Gasteiger partial charge on any atom is 0.274 e. The van der Waals surface area contributed by atoms with Crippen LogP contribution in [0.1, 0.15) is 54.3 Å². The van der Waals surface area contributed by atoms with Gasteiger partial charge in [0.05, 0.1) is 18.8 Å². The highest BCUT2D eigenvalue weighted by Crippen LogP contribution is 2.31. The Morgan fingerprint density at radius 2 is 2.22 bits per heavy atom. The summed E-state index contributed by atoms with van der Waals surface area (Å²) in [5.41, 5.74) is -0.206. The smallest absolute Gasteiger partial charge is 0.274 e. The summed E-state index contributed by atoms with van der Waals surface area (Å²) < 4.78 is 1.92. The van der Waals surface area contributed by atoms with Crippen LogP contribution in [0.4, 0.5) is 0 Å². The molecule has 1 saturated carbocycles. The molecular weight excluding hydrogens is 296 g/mol. The molecule has 2 aliphatic rings. The van der Waals surface area contributed by atoms with Crippen molar-refractivity contribution in [3.63, 3.8) is 0 Å². The van der Waals surface area contributed by atoms with Crippen molar-refractivity contribution in [2.45, 2.75) is 43.7 Å². The average Bonchev–Trinajstić information content (AvgIpc) is 3.29. The number of aliphatic hydroxyl groups is 1. The van der Waals surface area contributed by atoms with E-state index in [0.29, 0.717) is 30.4 Å². The van der Waals surface area contributed by atoms with E-state index < -0.39 is 5.60 Å². The summed E-state index contributed by atoms with van der Waals surface area (Å²) in [5.74, 6) is -0.138. The molecule has 1 amide bonds. The van der Waals surface area contributed by atoms with Gasteiger partial charge in [0, 0.05) is 19.2 Å². The van der Waals surface area contributed by atoms with Crippen LogP contribution in [-0.2, 0) is 5.60 Å². The van der Waals surface area contributed by atoms with Crippen LogP contribution in [0.25, 0.3) is 0 Å². The largest absolute Gasteiger partial charge is 0.381 e. The fraction of sp³-hybridized carbons (Fsp3) is 0.600. The highest BCUT2D eigenvalue weighted by atomic mass is 16.3. The summed E-state index contributed by atoms with van der Waals surface area (Å²) >= 11 is 0. The molecule has 2 aromatic heterocycles. The molecule has 8 heteroatoms. The Hall–Kier alpha value is -2.22. The van der Waals surface area contributed by atoms with E-state index in [1.165, 1.54) is 19.0 Å². The zero-order valence-electron chi connectivity index (χ0n) is 12.9. The first-order valence-electron chi connectivity index (χ1n) is 8.09. The number of amides is 1. The maximum atomic E-state index is 12.6. The molecule has 0 spiro atoms. The minimum atomic E-state index is -1.13. The summed E-state index contributed by atoms with van der Waals surface area (Å²) in [6.45, 7) is 0.702. The van der Waals surface area contributed by atoms with Gasteiger partial charge in [0.15, 0.2) is 0 Å². The summed E-state index contributed by atoms with van der Waals surface area (Å²) in [5, 5.41) is 25.3. The second-order valence-electron chi connectivity index (χ2n) is 6.48. The zero-order valence-corrected chi connectivity index (χ0v) is 12.9. The molecule has 2 aromatic rings. The molecule has 0 bridgehead atoms. The Labute approximate surface area is 133 Å². The number of hydrogen-bond acceptors (Lipinski definition) is 5. The molecule has 8 nitrogen and oxygen atoms in total. The number of likely N-dealkylation sites (tertiary alicyclic amines) is 1. The normalized spacial score (nSPS) is 25.3. The van der Waals surface area contributed by atoms with E-state index in [1.807, 2.05) is 10.9 Å². The Morgan fingerprint density at radius 1 is 1.39 bits per heavy atom. The molecule has 0 unspecified atom stereocenters. The molecule has 23 heavy (non-hydrogen) atoms. The number of β-amino-alcohol motifs (C(OH)–C–C–N with tert-alkyl or cyclic N) is 1. The van der Waals surface area contributed by atoms with Crippen LogP contribution in [0.15, 0.2) is 18.5 Å². The molecule has 3 heterocycles. The zero-order chi connectivity index (χ0) is 15.9. The fourth-order valence-electron chi connectivity index (χ4n) is 3.59. The minimum Gasteiger partial charge on any atom is -0.381 e.